The maximum absolute atomic E-state index is 13.2. The zero-order valence-electron chi connectivity index (χ0n) is 7.71. The zero-order valence-corrected chi connectivity index (χ0v) is 9.29. The normalized spacial score (nSPS) is 30.9. The van der Waals surface area contributed by atoms with E-state index in [2.05, 4.69) is 15.9 Å². The monoisotopic (exact) mass is 270 g/mol. The first-order chi connectivity index (χ1) is 7.11. The third-order valence-corrected chi connectivity index (χ3v) is 4.34. The molecule has 1 N–H and O–H groups in total. The minimum atomic E-state index is -0.726. The van der Waals surface area contributed by atoms with Gasteiger partial charge in [-0.15, -0.1) is 0 Å². The number of fused-ring (bicyclic) bond motifs is 3. The molecule has 0 heterocycles. The minimum absolute atomic E-state index is 0.120. The molecular weight excluding hydrogens is 263 g/mol. The molecule has 1 saturated carbocycles. The molecule has 0 aliphatic heterocycles. The number of benzene rings is 1. The summed E-state index contributed by atoms with van der Waals surface area (Å²) >= 11 is 3.21. The first-order valence-corrected chi connectivity index (χ1v) is 5.60. The van der Waals surface area contributed by atoms with Gasteiger partial charge in [0.05, 0.1) is 10.4 Å². The molecule has 0 amide bonds. The number of hydrogen-bond donors (Lipinski definition) is 1. The molecule has 78 valence electrons. The second-order valence-corrected chi connectivity index (χ2v) is 4.98. The smallest absolute Gasteiger partial charge is 0.307 e. The van der Waals surface area contributed by atoms with E-state index in [-0.39, 0.29) is 23.6 Å². The third kappa shape index (κ3) is 1.11. The lowest BCUT2D eigenvalue weighted by Gasteiger charge is -2.07. The van der Waals surface area contributed by atoms with Crippen molar-refractivity contribution in [2.24, 2.45) is 11.8 Å². The quantitative estimate of drug-likeness (QED) is 0.852. The largest absolute Gasteiger partial charge is 0.481 e. The van der Waals surface area contributed by atoms with Crippen molar-refractivity contribution in [3.8, 4) is 0 Å². The Morgan fingerprint density at radius 3 is 2.93 bits per heavy atom. The fraction of sp³-hybridized carbons (Fsp3) is 0.364. The predicted molar refractivity (Wildman–Crippen MR) is 55.2 cm³/mol. The van der Waals surface area contributed by atoms with Gasteiger partial charge >= 0.3 is 5.97 Å². The highest BCUT2D eigenvalue weighted by atomic mass is 79.9. The summed E-state index contributed by atoms with van der Waals surface area (Å²) in [5, 5.41) is 8.92. The molecule has 2 aliphatic rings. The van der Waals surface area contributed by atoms with Crippen LogP contribution in [0.15, 0.2) is 16.6 Å². The molecule has 3 rings (SSSR count). The summed E-state index contributed by atoms with van der Waals surface area (Å²) in [4.78, 5) is 10.9. The van der Waals surface area contributed by atoms with Gasteiger partial charge in [0.1, 0.15) is 5.82 Å². The summed E-state index contributed by atoms with van der Waals surface area (Å²) < 4.78 is 13.7. The van der Waals surface area contributed by atoms with E-state index in [4.69, 9.17) is 5.11 Å². The van der Waals surface area contributed by atoms with E-state index in [1.54, 1.807) is 6.07 Å². The van der Waals surface area contributed by atoms with Gasteiger partial charge in [-0.05, 0) is 45.5 Å². The summed E-state index contributed by atoms with van der Waals surface area (Å²) in [6.07, 6.45) is 0.690. The van der Waals surface area contributed by atoms with Gasteiger partial charge in [-0.1, -0.05) is 6.07 Å². The molecular formula is C11H8BrFO2. The van der Waals surface area contributed by atoms with E-state index >= 15 is 0 Å². The van der Waals surface area contributed by atoms with Gasteiger partial charge in [0, 0.05) is 5.92 Å². The third-order valence-electron chi connectivity index (χ3n) is 3.48. The summed E-state index contributed by atoms with van der Waals surface area (Å²) in [6.45, 7) is 0. The highest BCUT2D eigenvalue weighted by molar-refractivity contribution is 9.10. The lowest BCUT2D eigenvalue weighted by Crippen LogP contribution is -2.05. The number of carbonyl (C=O) groups is 1. The Morgan fingerprint density at radius 1 is 1.53 bits per heavy atom. The van der Waals surface area contributed by atoms with E-state index in [1.165, 1.54) is 6.07 Å². The summed E-state index contributed by atoms with van der Waals surface area (Å²) in [5.74, 6) is -0.919. The number of rotatable bonds is 1. The summed E-state index contributed by atoms with van der Waals surface area (Å²) in [6, 6.07) is 3.13. The van der Waals surface area contributed by atoms with Crippen LogP contribution in [0.25, 0.3) is 0 Å². The van der Waals surface area contributed by atoms with Crippen LogP contribution >= 0.6 is 15.9 Å². The van der Waals surface area contributed by atoms with Gasteiger partial charge in [0.25, 0.3) is 0 Å². The second-order valence-electron chi connectivity index (χ2n) is 4.19. The SMILES string of the molecule is O=C(O)[C@@H]1[C@@H]2Cc3c(ccc(F)c3Br)[C@H]21. The maximum Gasteiger partial charge on any atom is 0.307 e. The zero-order chi connectivity index (χ0) is 10.7. The number of halogens is 2. The van der Waals surface area contributed by atoms with Crippen LogP contribution in [-0.4, -0.2) is 11.1 Å². The first kappa shape index (κ1) is 9.33. The molecule has 2 aliphatic carbocycles. The first-order valence-electron chi connectivity index (χ1n) is 4.81. The Balaban J connectivity index is 2.04. The molecule has 4 heteroatoms. The van der Waals surface area contributed by atoms with E-state index in [1.807, 2.05) is 0 Å². The van der Waals surface area contributed by atoms with Gasteiger partial charge < -0.3 is 5.11 Å². The van der Waals surface area contributed by atoms with Crippen molar-refractivity contribution >= 4 is 21.9 Å². The molecule has 0 unspecified atom stereocenters. The van der Waals surface area contributed by atoms with Crippen molar-refractivity contribution in [2.45, 2.75) is 12.3 Å². The highest BCUT2D eigenvalue weighted by Gasteiger charge is 2.60. The van der Waals surface area contributed by atoms with Crippen LogP contribution in [0.1, 0.15) is 17.0 Å². The fourth-order valence-corrected chi connectivity index (χ4v) is 3.27. The second kappa shape index (κ2) is 2.82. The number of aliphatic carboxylic acids is 1. The Morgan fingerprint density at radius 2 is 2.27 bits per heavy atom. The van der Waals surface area contributed by atoms with Crippen LogP contribution in [0, 0.1) is 17.7 Å². The molecule has 3 atom stereocenters. The molecule has 0 bridgehead atoms. The van der Waals surface area contributed by atoms with Crippen LogP contribution in [0.2, 0.25) is 0 Å². The van der Waals surface area contributed by atoms with Crippen molar-refractivity contribution in [3.63, 3.8) is 0 Å². The van der Waals surface area contributed by atoms with E-state index in [9.17, 15) is 9.18 Å². The van der Waals surface area contributed by atoms with E-state index < -0.39 is 5.97 Å². The Kier molecular flexibility index (Phi) is 1.75. The Hall–Kier alpha value is -0.900. The standard InChI is InChI=1S/C11H8BrFO2/c12-10-5-3-6-8(9(6)11(14)15)4(5)1-2-7(10)13/h1-2,6,8-9H,3H2,(H,14,15)/t6-,8-,9-/m1/s1. The van der Waals surface area contributed by atoms with Crippen molar-refractivity contribution in [1.29, 1.82) is 0 Å². The lowest BCUT2D eigenvalue weighted by molar-refractivity contribution is -0.139. The number of carboxylic acids is 1. The summed E-state index contributed by atoms with van der Waals surface area (Å²) in [7, 11) is 0. The molecule has 1 aromatic carbocycles. The topological polar surface area (TPSA) is 37.3 Å². The lowest BCUT2D eigenvalue weighted by atomic mass is 10.0. The van der Waals surface area contributed by atoms with E-state index in [0.717, 1.165) is 11.1 Å². The van der Waals surface area contributed by atoms with Crippen LogP contribution in [0.4, 0.5) is 4.39 Å². The molecule has 0 saturated heterocycles. The van der Waals surface area contributed by atoms with Gasteiger partial charge in [-0.2, -0.15) is 0 Å². The Bertz CT molecular complexity index is 472. The van der Waals surface area contributed by atoms with Crippen LogP contribution in [-0.2, 0) is 11.2 Å². The molecule has 0 radical (unpaired) electrons. The molecule has 2 nitrogen and oxygen atoms in total. The maximum atomic E-state index is 13.2. The summed E-state index contributed by atoms with van der Waals surface area (Å²) in [5.41, 5.74) is 1.98. The van der Waals surface area contributed by atoms with Gasteiger partial charge in [-0.25, -0.2) is 4.39 Å². The van der Waals surface area contributed by atoms with Gasteiger partial charge in [-0.3, -0.25) is 4.79 Å². The fourth-order valence-electron chi connectivity index (χ4n) is 2.75. The molecule has 15 heavy (non-hydrogen) atoms. The van der Waals surface area contributed by atoms with Crippen molar-refractivity contribution in [2.75, 3.05) is 0 Å². The van der Waals surface area contributed by atoms with Crippen LogP contribution < -0.4 is 0 Å². The minimum Gasteiger partial charge on any atom is -0.481 e. The van der Waals surface area contributed by atoms with Crippen molar-refractivity contribution in [3.05, 3.63) is 33.5 Å². The van der Waals surface area contributed by atoms with Crippen molar-refractivity contribution < 1.29 is 14.3 Å². The molecule has 0 aromatic heterocycles. The van der Waals surface area contributed by atoms with Crippen LogP contribution in [0.3, 0.4) is 0 Å². The molecule has 0 spiro atoms. The Labute approximate surface area is 94.2 Å². The highest BCUT2D eigenvalue weighted by Crippen LogP contribution is 2.62. The number of hydrogen-bond acceptors (Lipinski definition) is 1. The number of carboxylic acid groups (broad SMARTS) is 1. The molecule has 1 aromatic rings. The predicted octanol–water partition coefficient (Wildman–Crippen LogP) is 2.56. The average Bonchev–Trinajstić information content (AvgIpc) is 2.78. The van der Waals surface area contributed by atoms with Gasteiger partial charge in [0.2, 0.25) is 0 Å². The van der Waals surface area contributed by atoms with Crippen molar-refractivity contribution in [1.82, 2.24) is 0 Å². The average molecular weight is 271 g/mol. The van der Waals surface area contributed by atoms with Gasteiger partial charge in [0.15, 0.2) is 0 Å². The van der Waals surface area contributed by atoms with E-state index in [0.29, 0.717) is 10.9 Å². The molecule has 1 fully saturated rings. The van der Waals surface area contributed by atoms with Crippen LogP contribution in [0.5, 0.6) is 0 Å².